The van der Waals surface area contributed by atoms with Crippen LogP contribution in [0.25, 0.3) is 0 Å². The van der Waals surface area contributed by atoms with Crippen molar-refractivity contribution in [1.29, 1.82) is 0 Å². The molecule has 0 bridgehead atoms. The number of carbonyl (C=O) groups is 2. The lowest BCUT2D eigenvalue weighted by Gasteiger charge is -2.09. The van der Waals surface area contributed by atoms with E-state index < -0.39 is 0 Å². The van der Waals surface area contributed by atoms with Gasteiger partial charge in [-0.2, -0.15) is 0 Å². The van der Waals surface area contributed by atoms with Crippen molar-refractivity contribution < 1.29 is 9.59 Å². The van der Waals surface area contributed by atoms with Gasteiger partial charge in [-0.05, 0) is 24.3 Å². The SMILES string of the molecule is CC(=O)Nc1ccccc1SCC(=O)Nc1ccccn1. The molecule has 2 amide bonds. The lowest BCUT2D eigenvalue weighted by atomic mass is 10.3. The maximum Gasteiger partial charge on any atom is 0.235 e. The smallest absolute Gasteiger partial charge is 0.235 e. The minimum Gasteiger partial charge on any atom is -0.325 e. The molecule has 5 nitrogen and oxygen atoms in total. The second kappa shape index (κ2) is 7.44. The Morgan fingerprint density at radius 2 is 1.86 bits per heavy atom. The summed E-state index contributed by atoms with van der Waals surface area (Å²) in [6, 6.07) is 12.7. The van der Waals surface area contributed by atoms with Gasteiger partial charge in [0, 0.05) is 18.0 Å². The van der Waals surface area contributed by atoms with Gasteiger partial charge in [0.1, 0.15) is 5.82 Å². The Morgan fingerprint density at radius 1 is 1.10 bits per heavy atom. The number of benzene rings is 1. The zero-order chi connectivity index (χ0) is 15.1. The summed E-state index contributed by atoms with van der Waals surface area (Å²) in [6.45, 7) is 1.45. The van der Waals surface area contributed by atoms with Gasteiger partial charge in [0.2, 0.25) is 11.8 Å². The lowest BCUT2D eigenvalue weighted by molar-refractivity contribution is -0.114. The molecule has 0 radical (unpaired) electrons. The standard InChI is InChI=1S/C15H15N3O2S/c1-11(19)17-12-6-2-3-7-13(12)21-10-15(20)18-14-8-4-5-9-16-14/h2-9H,10H2,1H3,(H,17,19)(H,16,18,20). The van der Waals surface area contributed by atoms with E-state index in [1.807, 2.05) is 24.3 Å². The van der Waals surface area contributed by atoms with Gasteiger partial charge in [0.25, 0.3) is 0 Å². The maximum absolute atomic E-state index is 11.9. The molecule has 0 aliphatic rings. The number of amides is 2. The summed E-state index contributed by atoms with van der Waals surface area (Å²) >= 11 is 1.36. The summed E-state index contributed by atoms with van der Waals surface area (Å²) in [4.78, 5) is 27.9. The summed E-state index contributed by atoms with van der Waals surface area (Å²) in [6.07, 6.45) is 1.62. The van der Waals surface area contributed by atoms with Crippen molar-refractivity contribution in [3.63, 3.8) is 0 Å². The molecule has 1 aromatic carbocycles. The van der Waals surface area contributed by atoms with Gasteiger partial charge in [-0.25, -0.2) is 4.98 Å². The largest absolute Gasteiger partial charge is 0.325 e. The molecule has 0 fully saturated rings. The Balaban J connectivity index is 1.93. The fourth-order valence-electron chi connectivity index (χ4n) is 1.64. The highest BCUT2D eigenvalue weighted by Crippen LogP contribution is 2.26. The number of nitrogens with one attached hydrogen (secondary N) is 2. The Hall–Kier alpha value is -2.34. The molecule has 21 heavy (non-hydrogen) atoms. The summed E-state index contributed by atoms with van der Waals surface area (Å²) in [5, 5.41) is 5.46. The van der Waals surface area contributed by atoms with Crippen molar-refractivity contribution in [3.8, 4) is 0 Å². The molecular formula is C15H15N3O2S. The molecule has 0 spiro atoms. The molecule has 2 aromatic rings. The van der Waals surface area contributed by atoms with Crippen molar-refractivity contribution in [1.82, 2.24) is 4.98 Å². The summed E-state index contributed by atoms with van der Waals surface area (Å²) in [5.74, 6) is 0.489. The first-order valence-electron chi connectivity index (χ1n) is 6.35. The normalized spacial score (nSPS) is 9.95. The number of aromatic nitrogens is 1. The van der Waals surface area contributed by atoms with Crippen LogP contribution in [0.5, 0.6) is 0 Å². The minimum atomic E-state index is -0.142. The molecule has 6 heteroatoms. The topological polar surface area (TPSA) is 71.1 Å². The predicted octanol–water partition coefficient (Wildman–Crippen LogP) is 2.77. The van der Waals surface area contributed by atoms with Crippen LogP contribution >= 0.6 is 11.8 Å². The third kappa shape index (κ3) is 4.92. The van der Waals surface area contributed by atoms with E-state index >= 15 is 0 Å². The van der Waals surface area contributed by atoms with Crippen molar-refractivity contribution in [2.45, 2.75) is 11.8 Å². The zero-order valence-electron chi connectivity index (χ0n) is 11.5. The van der Waals surface area contributed by atoms with Gasteiger partial charge in [-0.15, -0.1) is 11.8 Å². The Kier molecular flexibility index (Phi) is 5.34. The fourth-order valence-corrected chi connectivity index (χ4v) is 2.45. The van der Waals surface area contributed by atoms with Crippen molar-refractivity contribution >= 4 is 35.1 Å². The fraction of sp³-hybridized carbons (Fsp3) is 0.133. The number of pyridine rings is 1. The first-order chi connectivity index (χ1) is 10.1. The monoisotopic (exact) mass is 301 g/mol. The highest BCUT2D eigenvalue weighted by molar-refractivity contribution is 8.00. The van der Waals surface area contributed by atoms with Gasteiger partial charge in [-0.3, -0.25) is 9.59 Å². The Morgan fingerprint density at radius 3 is 2.57 bits per heavy atom. The third-order valence-electron chi connectivity index (χ3n) is 2.49. The van der Waals surface area contributed by atoms with E-state index in [1.165, 1.54) is 18.7 Å². The Bertz CT molecular complexity index is 632. The number of nitrogens with zero attached hydrogens (tertiary/aromatic N) is 1. The van der Waals surface area contributed by atoms with Crippen LogP contribution in [0.4, 0.5) is 11.5 Å². The van der Waals surface area contributed by atoms with E-state index in [1.54, 1.807) is 24.4 Å². The third-order valence-corrected chi connectivity index (χ3v) is 3.56. The molecule has 2 rings (SSSR count). The molecule has 0 saturated carbocycles. The number of carbonyl (C=O) groups excluding carboxylic acids is 2. The van der Waals surface area contributed by atoms with E-state index in [9.17, 15) is 9.59 Å². The molecular weight excluding hydrogens is 286 g/mol. The molecule has 108 valence electrons. The van der Waals surface area contributed by atoms with E-state index in [0.717, 1.165) is 4.90 Å². The number of anilines is 2. The van der Waals surface area contributed by atoms with Crippen LogP contribution in [0.1, 0.15) is 6.92 Å². The van der Waals surface area contributed by atoms with Crippen LogP contribution in [0.15, 0.2) is 53.6 Å². The second-order valence-corrected chi connectivity index (χ2v) is 5.25. The van der Waals surface area contributed by atoms with E-state index in [4.69, 9.17) is 0 Å². The summed E-state index contributed by atoms with van der Waals surface area (Å²) in [7, 11) is 0. The first-order valence-corrected chi connectivity index (χ1v) is 7.34. The lowest BCUT2D eigenvalue weighted by Crippen LogP contribution is -2.15. The summed E-state index contributed by atoms with van der Waals surface area (Å²) < 4.78 is 0. The quantitative estimate of drug-likeness (QED) is 0.833. The predicted molar refractivity (Wildman–Crippen MR) is 84.3 cm³/mol. The van der Waals surface area contributed by atoms with Gasteiger partial charge in [0.15, 0.2) is 0 Å². The van der Waals surface area contributed by atoms with Crippen LogP contribution in [-0.4, -0.2) is 22.6 Å². The molecule has 1 aromatic heterocycles. The zero-order valence-corrected chi connectivity index (χ0v) is 12.3. The van der Waals surface area contributed by atoms with Gasteiger partial charge >= 0.3 is 0 Å². The highest BCUT2D eigenvalue weighted by Gasteiger charge is 2.08. The van der Waals surface area contributed by atoms with Crippen LogP contribution in [-0.2, 0) is 9.59 Å². The summed E-state index contributed by atoms with van der Waals surface area (Å²) in [5.41, 5.74) is 0.709. The van der Waals surface area contributed by atoms with Crippen LogP contribution < -0.4 is 10.6 Å². The second-order valence-electron chi connectivity index (χ2n) is 4.23. The van der Waals surface area contributed by atoms with Gasteiger partial charge in [0.05, 0.1) is 11.4 Å². The van der Waals surface area contributed by atoms with Crippen molar-refractivity contribution in [2.75, 3.05) is 16.4 Å². The molecule has 0 aliphatic carbocycles. The van der Waals surface area contributed by atoms with Crippen LogP contribution in [0, 0.1) is 0 Å². The van der Waals surface area contributed by atoms with Gasteiger partial charge in [-0.1, -0.05) is 18.2 Å². The Labute approximate surface area is 127 Å². The van der Waals surface area contributed by atoms with Crippen molar-refractivity contribution in [3.05, 3.63) is 48.7 Å². The van der Waals surface area contributed by atoms with Crippen LogP contribution in [0.2, 0.25) is 0 Å². The molecule has 1 heterocycles. The molecule has 2 N–H and O–H groups in total. The molecule has 0 atom stereocenters. The van der Waals surface area contributed by atoms with E-state index in [0.29, 0.717) is 11.5 Å². The maximum atomic E-state index is 11.9. The average Bonchev–Trinajstić information content (AvgIpc) is 2.47. The minimum absolute atomic E-state index is 0.138. The number of rotatable bonds is 5. The number of hydrogen-bond donors (Lipinski definition) is 2. The molecule has 0 saturated heterocycles. The van der Waals surface area contributed by atoms with Crippen molar-refractivity contribution in [2.24, 2.45) is 0 Å². The van der Waals surface area contributed by atoms with Crippen LogP contribution in [0.3, 0.4) is 0 Å². The highest BCUT2D eigenvalue weighted by atomic mass is 32.2. The van der Waals surface area contributed by atoms with E-state index in [2.05, 4.69) is 15.6 Å². The van der Waals surface area contributed by atoms with E-state index in [-0.39, 0.29) is 17.6 Å². The first kappa shape index (κ1) is 15.1. The number of para-hydroxylation sites is 1. The average molecular weight is 301 g/mol. The van der Waals surface area contributed by atoms with Gasteiger partial charge < -0.3 is 10.6 Å². The number of hydrogen-bond acceptors (Lipinski definition) is 4. The molecule has 0 unspecified atom stereocenters. The number of thioether (sulfide) groups is 1. The molecule has 0 aliphatic heterocycles.